The SMILES string of the molecule is CC(O)CN(CC(C)O)CC(C)O.N.OCCN(CCO)CCO. The van der Waals surface area contributed by atoms with Gasteiger partial charge in [0.15, 0.2) is 0 Å². The predicted molar refractivity (Wildman–Crippen MR) is 94.2 cm³/mol. The van der Waals surface area contributed by atoms with Crippen molar-refractivity contribution in [3.8, 4) is 0 Å². The molecule has 3 atom stereocenters. The Morgan fingerprint density at radius 2 is 0.833 bits per heavy atom. The van der Waals surface area contributed by atoms with Gasteiger partial charge in [0, 0.05) is 39.3 Å². The fourth-order valence-corrected chi connectivity index (χ4v) is 2.10. The van der Waals surface area contributed by atoms with Crippen LogP contribution < -0.4 is 6.15 Å². The summed E-state index contributed by atoms with van der Waals surface area (Å²) in [6.45, 7) is 8.27. The van der Waals surface area contributed by atoms with Crippen molar-refractivity contribution in [1.82, 2.24) is 16.0 Å². The smallest absolute Gasteiger partial charge is 0.0639 e. The van der Waals surface area contributed by atoms with Gasteiger partial charge in [-0.2, -0.15) is 0 Å². The molecule has 24 heavy (non-hydrogen) atoms. The van der Waals surface area contributed by atoms with Crippen LogP contribution in [0.25, 0.3) is 0 Å². The third kappa shape index (κ3) is 21.6. The number of hydrogen-bond donors (Lipinski definition) is 7. The average molecular weight is 357 g/mol. The summed E-state index contributed by atoms with van der Waals surface area (Å²) in [5, 5.41) is 52.9. The molecule has 0 aliphatic rings. The van der Waals surface area contributed by atoms with E-state index in [0.29, 0.717) is 39.3 Å². The first-order valence-electron chi connectivity index (χ1n) is 8.08. The maximum absolute atomic E-state index is 9.14. The molecule has 0 aliphatic carbocycles. The first-order valence-corrected chi connectivity index (χ1v) is 8.08. The number of nitrogens with zero attached hydrogens (tertiary/aromatic N) is 2. The van der Waals surface area contributed by atoms with Gasteiger partial charge in [-0.25, -0.2) is 0 Å². The molecule has 0 bridgehead atoms. The summed E-state index contributed by atoms with van der Waals surface area (Å²) in [5.74, 6) is 0. The van der Waals surface area contributed by atoms with Gasteiger partial charge in [0.05, 0.1) is 38.1 Å². The molecular formula is C15H39N3O6. The first kappa shape index (κ1) is 28.4. The Kier molecular flexibility index (Phi) is 22.5. The summed E-state index contributed by atoms with van der Waals surface area (Å²) in [6, 6.07) is 0. The van der Waals surface area contributed by atoms with Crippen LogP contribution in [-0.4, -0.2) is 118 Å². The van der Waals surface area contributed by atoms with Crippen molar-refractivity contribution in [2.24, 2.45) is 0 Å². The molecule has 9 heteroatoms. The van der Waals surface area contributed by atoms with Crippen LogP contribution in [0.3, 0.4) is 0 Å². The van der Waals surface area contributed by atoms with Crippen LogP contribution >= 0.6 is 0 Å². The molecule has 0 amide bonds. The summed E-state index contributed by atoms with van der Waals surface area (Å²) in [4.78, 5) is 3.64. The normalized spacial score (nSPS) is 14.6. The summed E-state index contributed by atoms with van der Waals surface area (Å²) >= 11 is 0. The number of hydrogen-bond acceptors (Lipinski definition) is 9. The Morgan fingerprint density at radius 3 is 1.00 bits per heavy atom. The molecule has 0 spiro atoms. The van der Waals surface area contributed by atoms with E-state index in [9.17, 15) is 0 Å². The van der Waals surface area contributed by atoms with Gasteiger partial charge in [0.2, 0.25) is 0 Å². The van der Waals surface area contributed by atoms with Crippen LogP contribution in [0.15, 0.2) is 0 Å². The van der Waals surface area contributed by atoms with Crippen LogP contribution in [0.5, 0.6) is 0 Å². The largest absolute Gasteiger partial charge is 0.395 e. The van der Waals surface area contributed by atoms with E-state index in [1.165, 1.54) is 0 Å². The van der Waals surface area contributed by atoms with Gasteiger partial charge in [-0.05, 0) is 20.8 Å². The van der Waals surface area contributed by atoms with E-state index in [4.69, 9.17) is 30.6 Å². The van der Waals surface area contributed by atoms with E-state index < -0.39 is 18.3 Å². The molecule has 150 valence electrons. The molecule has 0 rings (SSSR count). The van der Waals surface area contributed by atoms with Crippen molar-refractivity contribution in [1.29, 1.82) is 0 Å². The lowest BCUT2D eigenvalue weighted by Gasteiger charge is -2.25. The zero-order valence-corrected chi connectivity index (χ0v) is 15.4. The molecule has 0 heterocycles. The molecule has 0 aromatic carbocycles. The quantitative estimate of drug-likeness (QED) is 0.206. The maximum Gasteiger partial charge on any atom is 0.0639 e. The molecule has 9 nitrogen and oxygen atoms in total. The van der Waals surface area contributed by atoms with E-state index in [2.05, 4.69) is 0 Å². The summed E-state index contributed by atoms with van der Waals surface area (Å²) in [7, 11) is 0. The van der Waals surface area contributed by atoms with Gasteiger partial charge in [-0.1, -0.05) is 0 Å². The lowest BCUT2D eigenvalue weighted by Crippen LogP contribution is -2.40. The summed E-state index contributed by atoms with van der Waals surface area (Å²) in [6.07, 6.45) is -1.30. The van der Waals surface area contributed by atoms with Crippen molar-refractivity contribution in [3.05, 3.63) is 0 Å². The van der Waals surface area contributed by atoms with Crippen LogP contribution in [0, 0.1) is 0 Å². The molecular weight excluding hydrogens is 318 g/mol. The first-order chi connectivity index (χ1) is 10.8. The second kappa shape index (κ2) is 19.0. The molecule has 0 fully saturated rings. The monoisotopic (exact) mass is 357 g/mol. The molecule has 3 unspecified atom stereocenters. The summed E-state index contributed by atoms with van der Waals surface area (Å²) in [5.41, 5.74) is 0. The highest BCUT2D eigenvalue weighted by Crippen LogP contribution is 1.97. The van der Waals surface area contributed by atoms with Gasteiger partial charge in [-0.3, -0.25) is 9.80 Å². The lowest BCUT2D eigenvalue weighted by molar-refractivity contribution is 0.0530. The van der Waals surface area contributed by atoms with E-state index >= 15 is 0 Å². The fraction of sp³-hybridized carbons (Fsp3) is 1.00. The Labute approximate surface area is 145 Å². The Bertz CT molecular complexity index is 207. The highest BCUT2D eigenvalue weighted by atomic mass is 16.3. The molecule has 0 saturated heterocycles. The van der Waals surface area contributed by atoms with Crippen LogP contribution in [-0.2, 0) is 0 Å². The van der Waals surface area contributed by atoms with Crippen molar-refractivity contribution in [3.63, 3.8) is 0 Å². The zero-order chi connectivity index (χ0) is 18.3. The standard InChI is InChI=1S/C9H21NO3.C6H15NO3.H3N/c1-7(11)4-10(5-8(2)12)6-9(3)13;8-4-1-7(2-5-9)3-6-10;/h7-9,11-13H,4-6H2,1-3H3;8-10H,1-6H2;1H3. The van der Waals surface area contributed by atoms with Crippen LogP contribution in [0.2, 0.25) is 0 Å². The number of aliphatic hydroxyl groups excluding tert-OH is 6. The predicted octanol–water partition coefficient (Wildman–Crippen LogP) is -2.14. The number of rotatable bonds is 12. The molecule has 0 saturated carbocycles. The minimum atomic E-state index is -0.433. The maximum atomic E-state index is 9.14. The molecule has 0 aromatic heterocycles. The van der Waals surface area contributed by atoms with Gasteiger partial charge >= 0.3 is 0 Å². The zero-order valence-electron chi connectivity index (χ0n) is 15.4. The second-order valence-electron chi connectivity index (χ2n) is 5.78. The van der Waals surface area contributed by atoms with Gasteiger partial charge < -0.3 is 36.8 Å². The van der Waals surface area contributed by atoms with Crippen molar-refractivity contribution in [2.45, 2.75) is 39.1 Å². The van der Waals surface area contributed by atoms with Crippen LogP contribution in [0.4, 0.5) is 0 Å². The van der Waals surface area contributed by atoms with Gasteiger partial charge in [0.25, 0.3) is 0 Å². The summed E-state index contributed by atoms with van der Waals surface area (Å²) < 4.78 is 0. The Morgan fingerprint density at radius 1 is 0.583 bits per heavy atom. The Balaban J connectivity index is -0.000000364. The minimum absolute atomic E-state index is 0. The highest BCUT2D eigenvalue weighted by molar-refractivity contribution is 4.66. The number of aliphatic hydroxyl groups is 6. The highest BCUT2D eigenvalue weighted by Gasteiger charge is 2.12. The topological polar surface area (TPSA) is 163 Å². The van der Waals surface area contributed by atoms with E-state index in [1.54, 1.807) is 25.7 Å². The molecule has 0 radical (unpaired) electrons. The van der Waals surface area contributed by atoms with Crippen molar-refractivity contribution < 1.29 is 30.6 Å². The molecule has 0 aliphatic heterocycles. The third-order valence-corrected chi connectivity index (χ3v) is 2.82. The fourth-order valence-electron chi connectivity index (χ4n) is 2.10. The van der Waals surface area contributed by atoms with E-state index in [-0.39, 0.29) is 26.0 Å². The van der Waals surface area contributed by atoms with E-state index in [0.717, 1.165) is 0 Å². The van der Waals surface area contributed by atoms with Crippen LogP contribution in [0.1, 0.15) is 20.8 Å². The molecule has 9 N–H and O–H groups in total. The Hall–Kier alpha value is -0.360. The van der Waals surface area contributed by atoms with Crippen molar-refractivity contribution >= 4 is 0 Å². The lowest BCUT2D eigenvalue weighted by atomic mass is 10.2. The van der Waals surface area contributed by atoms with Gasteiger partial charge in [-0.15, -0.1) is 0 Å². The third-order valence-electron chi connectivity index (χ3n) is 2.82. The molecule has 0 aromatic rings. The van der Waals surface area contributed by atoms with Gasteiger partial charge in [0.1, 0.15) is 0 Å². The van der Waals surface area contributed by atoms with E-state index in [1.807, 2.05) is 4.90 Å². The van der Waals surface area contributed by atoms with Crippen molar-refractivity contribution in [2.75, 3.05) is 59.1 Å². The second-order valence-corrected chi connectivity index (χ2v) is 5.78. The average Bonchev–Trinajstić information content (AvgIpc) is 2.37. The minimum Gasteiger partial charge on any atom is -0.395 e.